The van der Waals surface area contributed by atoms with E-state index >= 15 is 0 Å². The van der Waals surface area contributed by atoms with Crippen molar-refractivity contribution in [3.8, 4) is 0 Å². The summed E-state index contributed by atoms with van der Waals surface area (Å²) < 4.78 is 0. The van der Waals surface area contributed by atoms with Gasteiger partial charge in [-0.15, -0.1) is 0 Å². The maximum Gasteiger partial charge on any atom is 0.0367 e. The first kappa shape index (κ1) is 20.2. The molecule has 0 saturated carbocycles. The van der Waals surface area contributed by atoms with Crippen LogP contribution in [-0.2, 0) is 12.8 Å². The minimum absolute atomic E-state index is 0.662. The minimum Gasteiger partial charge on any atom is -0.399 e. The third-order valence-corrected chi connectivity index (χ3v) is 6.66. The standard InChI is InChI=1S/C25H36N4/c1-2-12-28(25-11-9-21-8-10-23(26)19-22(21)20-25)16-13-27-14-17-29(18-15-27)24-6-4-3-5-7-24/h3-8,10,19,25H,2,9,11-18,20,26H2,1H3/t25-/m1/s1. The van der Waals surface area contributed by atoms with E-state index < -0.39 is 0 Å². The number of hydrogen-bond acceptors (Lipinski definition) is 4. The number of nitrogens with two attached hydrogens (primary N) is 1. The molecule has 0 unspecified atom stereocenters. The second-order valence-electron chi connectivity index (χ2n) is 8.62. The third kappa shape index (κ3) is 5.12. The molecule has 1 heterocycles. The monoisotopic (exact) mass is 392 g/mol. The summed E-state index contributed by atoms with van der Waals surface area (Å²) in [5, 5.41) is 0. The Morgan fingerprint density at radius 2 is 1.76 bits per heavy atom. The molecule has 2 aliphatic rings. The minimum atomic E-state index is 0.662. The van der Waals surface area contributed by atoms with Crippen LogP contribution in [-0.4, -0.2) is 61.7 Å². The van der Waals surface area contributed by atoms with E-state index in [9.17, 15) is 0 Å². The maximum atomic E-state index is 6.05. The SMILES string of the molecule is CCCN(CCN1CCN(c2ccccc2)CC1)[C@@H]1CCc2ccc(N)cc2C1. The molecule has 2 aromatic rings. The molecule has 0 radical (unpaired) electrons. The van der Waals surface area contributed by atoms with Crippen molar-refractivity contribution < 1.29 is 0 Å². The average molecular weight is 393 g/mol. The number of para-hydroxylation sites is 1. The third-order valence-electron chi connectivity index (χ3n) is 6.66. The Bertz CT molecular complexity index is 768. The average Bonchev–Trinajstić information content (AvgIpc) is 2.77. The zero-order chi connectivity index (χ0) is 20.1. The van der Waals surface area contributed by atoms with E-state index in [-0.39, 0.29) is 0 Å². The zero-order valence-electron chi connectivity index (χ0n) is 17.9. The van der Waals surface area contributed by atoms with Crippen molar-refractivity contribution in [2.24, 2.45) is 0 Å². The number of piperazine rings is 1. The molecule has 1 aliphatic carbocycles. The largest absolute Gasteiger partial charge is 0.399 e. The van der Waals surface area contributed by atoms with Gasteiger partial charge in [-0.2, -0.15) is 0 Å². The summed E-state index contributed by atoms with van der Waals surface area (Å²) in [6.45, 7) is 10.5. The molecule has 2 aromatic carbocycles. The number of fused-ring (bicyclic) bond motifs is 1. The molecular formula is C25H36N4. The molecule has 0 bridgehead atoms. The van der Waals surface area contributed by atoms with Gasteiger partial charge >= 0.3 is 0 Å². The van der Waals surface area contributed by atoms with Crippen molar-refractivity contribution in [3.63, 3.8) is 0 Å². The summed E-state index contributed by atoms with van der Waals surface area (Å²) >= 11 is 0. The first-order valence-corrected chi connectivity index (χ1v) is 11.4. The topological polar surface area (TPSA) is 35.7 Å². The Morgan fingerprint density at radius 1 is 0.966 bits per heavy atom. The van der Waals surface area contributed by atoms with E-state index in [4.69, 9.17) is 5.73 Å². The van der Waals surface area contributed by atoms with Crippen molar-refractivity contribution >= 4 is 11.4 Å². The van der Waals surface area contributed by atoms with Crippen LogP contribution in [0.15, 0.2) is 48.5 Å². The number of nitrogens with zero attached hydrogens (tertiary/aromatic N) is 3. The van der Waals surface area contributed by atoms with Crippen molar-refractivity contribution in [1.29, 1.82) is 0 Å². The molecule has 29 heavy (non-hydrogen) atoms. The van der Waals surface area contributed by atoms with E-state index in [0.717, 1.165) is 25.2 Å². The van der Waals surface area contributed by atoms with Gasteiger partial charge in [0.1, 0.15) is 0 Å². The van der Waals surface area contributed by atoms with Gasteiger partial charge in [-0.1, -0.05) is 31.2 Å². The molecule has 0 spiro atoms. The van der Waals surface area contributed by atoms with Crippen LogP contribution in [0, 0.1) is 0 Å². The second-order valence-corrected chi connectivity index (χ2v) is 8.62. The molecule has 4 nitrogen and oxygen atoms in total. The predicted molar refractivity (Wildman–Crippen MR) is 124 cm³/mol. The van der Waals surface area contributed by atoms with Gasteiger partial charge in [0.2, 0.25) is 0 Å². The van der Waals surface area contributed by atoms with Crippen LogP contribution in [0.2, 0.25) is 0 Å². The molecule has 2 N–H and O–H groups in total. The molecule has 4 rings (SSSR count). The van der Waals surface area contributed by atoms with E-state index in [1.54, 1.807) is 0 Å². The molecule has 1 fully saturated rings. The highest BCUT2D eigenvalue weighted by Crippen LogP contribution is 2.26. The van der Waals surface area contributed by atoms with Gasteiger partial charge in [0, 0.05) is 56.7 Å². The number of aryl methyl sites for hydroxylation is 1. The summed E-state index contributed by atoms with van der Waals surface area (Å²) in [6.07, 6.45) is 4.85. The summed E-state index contributed by atoms with van der Waals surface area (Å²) in [5.74, 6) is 0. The van der Waals surface area contributed by atoms with Crippen LogP contribution in [0.4, 0.5) is 11.4 Å². The molecule has 1 atom stereocenters. The number of nitrogen functional groups attached to an aromatic ring is 1. The summed E-state index contributed by atoms with van der Waals surface area (Å²) in [4.78, 5) is 7.91. The van der Waals surface area contributed by atoms with Crippen LogP contribution in [0.3, 0.4) is 0 Å². The Hall–Kier alpha value is -2.04. The Balaban J connectivity index is 1.29. The fourth-order valence-electron chi connectivity index (χ4n) is 4.97. The number of hydrogen-bond donors (Lipinski definition) is 1. The number of benzene rings is 2. The molecule has 4 heteroatoms. The lowest BCUT2D eigenvalue weighted by atomic mass is 9.87. The highest BCUT2D eigenvalue weighted by molar-refractivity contribution is 5.47. The van der Waals surface area contributed by atoms with Gasteiger partial charge < -0.3 is 10.6 Å². The van der Waals surface area contributed by atoms with Crippen LogP contribution >= 0.6 is 0 Å². The molecule has 1 saturated heterocycles. The number of rotatable bonds is 7. The van der Waals surface area contributed by atoms with E-state index in [2.05, 4.69) is 70.2 Å². The van der Waals surface area contributed by atoms with Crippen LogP contribution in [0.25, 0.3) is 0 Å². The maximum absolute atomic E-state index is 6.05. The number of anilines is 2. The molecule has 156 valence electrons. The lowest BCUT2D eigenvalue weighted by molar-refractivity contribution is 0.145. The first-order chi connectivity index (χ1) is 14.2. The lowest BCUT2D eigenvalue weighted by Crippen LogP contribution is -2.50. The van der Waals surface area contributed by atoms with Gasteiger partial charge in [0.15, 0.2) is 0 Å². The van der Waals surface area contributed by atoms with E-state index in [1.807, 2.05) is 0 Å². The van der Waals surface area contributed by atoms with Crippen molar-refractivity contribution in [2.75, 3.05) is 56.4 Å². The van der Waals surface area contributed by atoms with Crippen LogP contribution < -0.4 is 10.6 Å². The Kier molecular flexibility index (Phi) is 6.73. The van der Waals surface area contributed by atoms with Crippen molar-refractivity contribution in [1.82, 2.24) is 9.80 Å². The highest BCUT2D eigenvalue weighted by Gasteiger charge is 2.25. The van der Waals surface area contributed by atoms with Gasteiger partial charge in [-0.05, 0) is 67.6 Å². The van der Waals surface area contributed by atoms with Crippen molar-refractivity contribution in [3.05, 3.63) is 59.7 Å². The van der Waals surface area contributed by atoms with Gasteiger partial charge in [0.05, 0.1) is 0 Å². The highest BCUT2D eigenvalue weighted by atomic mass is 15.3. The first-order valence-electron chi connectivity index (χ1n) is 11.4. The van der Waals surface area contributed by atoms with Gasteiger partial charge in [-0.25, -0.2) is 0 Å². The normalized spacial score (nSPS) is 20.1. The summed E-state index contributed by atoms with van der Waals surface area (Å²) in [6, 6.07) is 18.0. The smallest absolute Gasteiger partial charge is 0.0367 e. The molecule has 0 aromatic heterocycles. The van der Waals surface area contributed by atoms with Crippen LogP contribution in [0.5, 0.6) is 0 Å². The molecular weight excluding hydrogens is 356 g/mol. The quantitative estimate of drug-likeness (QED) is 0.730. The van der Waals surface area contributed by atoms with Crippen LogP contribution in [0.1, 0.15) is 30.9 Å². The fourth-order valence-corrected chi connectivity index (χ4v) is 4.97. The second kappa shape index (κ2) is 9.64. The zero-order valence-corrected chi connectivity index (χ0v) is 17.9. The van der Waals surface area contributed by atoms with E-state index in [1.165, 1.54) is 68.8 Å². The van der Waals surface area contributed by atoms with Crippen molar-refractivity contribution in [2.45, 2.75) is 38.6 Å². The molecule has 0 amide bonds. The van der Waals surface area contributed by atoms with Gasteiger partial charge in [-0.3, -0.25) is 9.80 Å². The Morgan fingerprint density at radius 3 is 2.52 bits per heavy atom. The molecule has 1 aliphatic heterocycles. The predicted octanol–water partition coefficient (Wildman–Crippen LogP) is 3.66. The fraction of sp³-hybridized carbons (Fsp3) is 0.520. The lowest BCUT2D eigenvalue weighted by Gasteiger charge is -2.39. The Labute approximate surface area is 176 Å². The van der Waals surface area contributed by atoms with Gasteiger partial charge in [0.25, 0.3) is 0 Å². The summed E-state index contributed by atoms with van der Waals surface area (Å²) in [7, 11) is 0. The summed E-state index contributed by atoms with van der Waals surface area (Å²) in [5.41, 5.74) is 11.3. The van der Waals surface area contributed by atoms with E-state index in [0.29, 0.717) is 6.04 Å².